The van der Waals surface area contributed by atoms with E-state index in [2.05, 4.69) is 205 Å². The van der Waals surface area contributed by atoms with Crippen LogP contribution in [-0.2, 0) is 0 Å². The third-order valence-corrected chi connectivity index (χ3v) is 13.2. The van der Waals surface area contributed by atoms with Crippen LogP contribution >= 0.6 is 22.7 Å². The molecule has 0 aliphatic heterocycles. The third kappa shape index (κ3) is 5.60. The summed E-state index contributed by atoms with van der Waals surface area (Å²) in [6.45, 7) is 0. The van der Waals surface area contributed by atoms with Crippen LogP contribution in [0.15, 0.2) is 200 Å². The summed E-state index contributed by atoms with van der Waals surface area (Å²) in [7, 11) is 0. The highest BCUT2D eigenvalue weighted by Crippen LogP contribution is 2.47. The van der Waals surface area contributed by atoms with Crippen molar-refractivity contribution in [2.45, 2.75) is 0 Å². The summed E-state index contributed by atoms with van der Waals surface area (Å²) < 4.78 is 5.21. The number of benzene rings is 9. The van der Waals surface area contributed by atoms with Gasteiger partial charge in [0.15, 0.2) is 0 Å². The highest BCUT2D eigenvalue weighted by Gasteiger charge is 2.20. The molecule has 0 fully saturated rings. The molecule has 55 heavy (non-hydrogen) atoms. The van der Waals surface area contributed by atoms with Crippen LogP contribution < -0.4 is 4.90 Å². The SMILES string of the molecule is c1ccc(-c2cc(-c3ccc4c(c3)sc3ccccc34)cc(N(c3ccc(-c4ccc5ccccc5c4)cc3)c3cccc4c3sc3ccccc34)c2)cc1. The van der Waals surface area contributed by atoms with Gasteiger partial charge >= 0.3 is 0 Å². The first-order chi connectivity index (χ1) is 27.2. The lowest BCUT2D eigenvalue weighted by Crippen LogP contribution is -2.10. The van der Waals surface area contributed by atoms with E-state index in [1.165, 1.54) is 90.2 Å². The molecule has 11 rings (SSSR count). The summed E-state index contributed by atoms with van der Waals surface area (Å²) in [5.41, 5.74) is 10.6. The molecule has 0 radical (unpaired) electrons. The third-order valence-electron chi connectivity index (χ3n) is 10.8. The summed E-state index contributed by atoms with van der Waals surface area (Å²) in [6.07, 6.45) is 0. The van der Waals surface area contributed by atoms with Gasteiger partial charge in [0.25, 0.3) is 0 Å². The number of rotatable bonds is 6. The molecule has 0 amide bonds. The van der Waals surface area contributed by atoms with E-state index in [9.17, 15) is 0 Å². The number of thiophene rings is 2. The maximum absolute atomic E-state index is 2.47. The van der Waals surface area contributed by atoms with Gasteiger partial charge in [0.1, 0.15) is 0 Å². The lowest BCUT2D eigenvalue weighted by Gasteiger charge is -2.27. The smallest absolute Gasteiger partial charge is 0.0640 e. The molecule has 258 valence electrons. The van der Waals surface area contributed by atoms with Crippen LogP contribution in [0.1, 0.15) is 0 Å². The van der Waals surface area contributed by atoms with Gasteiger partial charge in [-0.3, -0.25) is 0 Å². The minimum atomic E-state index is 1.12. The molecule has 0 unspecified atom stereocenters. The van der Waals surface area contributed by atoms with Gasteiger partial charge in [-0.1, -0.05) is 140 Å². The van der Waals surface area contributed by atoms with Crippen molar-refractivity contribution in [3.63, 3.8) is 0 Å². The maximum Gasteiger partial charge on any atom is 0.0640 e. The second-order valence-electron chi connectivity index (χ2n) is 14.1. The summed E-state index contributed by atoms with van der Waals surface area (Å²) in [6, 6.07) is 73.6. The number of fused-ring (bicyclic) bond motifs is 7. The number of hydrogen-bond acceptors (Lipinski definition) is 3. The van der Waals surface area contributed by atoms with Crippen LogP contribution in [0.2, 0.25) is 0 Å². The van der Waals surface area contributed by atoms with Crippen LogP contribution in [0.25, 0.3) is 84.5 Å². The average molecular weight is 736 g/mol. The van der Waals surface area contributed by atoms with E-state index < -0.39 is 0 Å². The fraction of sp³-hybridized carbons (Fsp3) is 0. The highest BCUT2D eigenvalue weighted by molar-refractivity contribution is 7.26. The molecule has 0 atom stereocenters. The molecule has 2 heterocycles. The standard InChI is InChI=1S/C52H33NS2/c1-2-11-34(12-3-1)40-30-41(39-25-28-46-44-15-6-8-19-49(44)54-51(46)33-39)32-43(31-40)53(48-18-10-17-47-45-16-7-9-20-50(45)55-52(47)48)42-26-23-36(24-27-42)38-22-21-35-13-4-5-14-37(35)29-38/h1-33H. The van der Waals surface area contributed by atoms with Gasteiger partial charge < -0.3 is 4.90 Å². The second kappa shape index (κ2) is 13.1. The first kappa shape index (κ1) is 32.0. The molecule has 0 saturated heterocycles. The van der Waals surface area contributed by atoms with Crippen molar-refractivity contribution in [1.82, 2.24) is 0 Å². The van der Waals surface area contributed by atoms with Crippen molar-refractivity contribution in [3.05, 3.63) is 200 Å². The van der Waals surface area contributed by atoms with E-state index >= 15 is 0 Å². The molecule has 0 bridgehead atoms. The zero-order valence-electron chi connectivity index (χ0n) is 29.8. The summed E-state index contributed by atoms with van der Waals surface area (Å²) in [4.78, 5) is 2.47. The summed E-state index contributed by atoms with van der Waals surface area (Å²) in [5, 5.41) is 7.72. The molecule has 11 aromatic rings. The average Bonchev–Trinajstić information content (AvgIpc) is 3.83. The Morgan fingerprint density at radius 2 is 0.873 bits per heavy atom. The van der Waals surface area contributed by atoms with Crippen molar-refractivity contribution in [1.29, 1.82) is 0 Å². The van der Waals surface area contributed by atoms with Gasteiger partial charge in [-0.2, -0.15) is 0 Å². The van der Waals surface area contributed by atoms with Crippen LogP contribution in [-0.4, -0.2) is 0 Å². The Bertz CT molecular complexity index is 3210. The van der Waals surface area contributed by atoms with Gasteiger partial charge in [0.2, 0.25) is 0 Å². The van der Waals surface area contributed by atoms with Crippen molar-refractivity contribution < 1.29 is 0 Å². The predicted octanol–water partition coefficient (Wildman–Crippen LogP) is 16.0. The summed E-state index contributed by atoms with van der Waals surface area (Å²) >= 11 is 3.74. The van der Waals surface area contributed by atoms with Gasteiger partial charge in [0, 0.05) is 47.0 Å². The minimum Gasteiger partial charge on any atom is -0.309 e. The molecular weight excluding hydrogens is 703 g/mol. The van der Waals surface area contributed by atoms with E-state index in [0.29, 0.717) is 0 Å². The molecule has 0 spiro atoms. The zero-order valence-corrected chi connectivity index (χ0v) is 31.4. The lowest BCUT2D eigenvalue weighted by atomic mass is 9.96. The Balaban J connectivity index is 1.13. The number of anilines is 3. The van der Waals surface area contributed by atoms with Gasteiger partial charge in [0.05, 0.1) is 10.4 Å². The minimum absolute atomic E-state index is 1.12. The highest BCUT2D eigenvalue weighted by atomic mass is 32.1. The molecule has 2 aromatic heterocycles. The van der Waals surface area contributed by atoms with Crippen molar-refractivity contribution >= 4 is 90.9 Å². The fourth-order valence-electron chi connectivity index (χ4n) is 8.12. The van der Waals surface area contributed by atoms with E-state index in [1.54, 1.807) is 0 Å². The molecule has 0 aliphatic carbocycles. The van der Waals surface area contributed by atoms with Crippen LogP contribution in [0.5, 0.6) is 0 Å². The Kier molecular flexibility index (Phi) is 7.61. The topological polar surface area (TPSA) is 3.24 Å². The molecule has 0 N–H and O–H groups in total. The van der Waals surface area contributed by atoms with Crippen molar-refractivity contribution in [3.8, 4) is 33.4 Å². The first-order valence-corrected chi connectivity index (χ1v) is 20.3. The quantitative estimate of drug-likeness (QED) is 0.164. The largest absolute Gasteiger partial charge is 0.309 e. The van der Waals surface area contributed by atoms with Crippen LogP contribution in [0, 0.1) is 0 Å². The number of hydrogen-bond donors (Lipinski definition) is 0. The Labute approximate surface area is 327 Å². The van der Waals surface area contributed by atoms with E-state index in [1.807, 2.05) is 22.7 Å². The Morgan fingerprint density at radius 1 is 0.291 bits per heavy atom. The normalized spacial score (nSPS) is 11.6. The maximum atomic E-state index is 2.47. The Hall–Kier alpha value is -6.52. The molecule has 0 saturated carbocycles. The predicted molar refractivity (Wildman–Crippen MR) is 241 cm³/mol. The van der Waals surface area contributed by atoms with Crippen LogP contribution in [0.3, 0.4) is 0 Å². The number of nitrogens with zero attached hydrogens (tertiary/aromatic N) is 1. The van der Waals surface area contributed by atoms with Crippen molar-refractivity contribution in [2.24, 2.45) is 0 Å². The summed E-state index contributed by atoms with van der Waals surface area (Å²) in [5.74, 6) is 0. The van der Waals surface area contributed by atoms with Gasteiger partial charge in [-0.25, -0.2) is 0 Å². The molecule has 0 aliphatic rings. The van der Waals surface area contributed by atoms with Gasteiger partial charge in [-0.05, 0) is 105 Å². The molecule has 9 aromatic carbocycles. The zero-order chi connectivity index (χ0) is 36.3. The first-order valence-electron chi connectivity index (χ1n) is 18.7. The van der Waals surface area contributed by atoms with E-state index in [-0.39, 0.29) is 0 Å². The van der Waals surface area contributed by atoms with Gasteiger partial charge in [-0.15, -0.1) is 22.7 Å². The van der Waals surface area contributed by atoms with E-state index in [4.69, 9.17) is 0 Å². The monoisotopic (exact) mass is 735 g/mol. The molecule has 1 nitrogen and oxygen atoms in total. The molecular formula is C52H33NS2. The fourth-order valence-corrected chi connectivity index (χ4v) is 10.5. The lowest BCUT2D eigenvalue weighted by molar-refractivity contribution is 1.30. The van der Waals surface area contributed by atoms with Crippen LogP contribution in [0.4, 0.5) is 17.1 Å². The molecule has 3 heteroatoms. The van der Waals surface area contributed by atoms with E-state index in [0.717, 1.165) is 11.4 Å². The Morgan fingerprint density at radius 3 is 1.69 bits per heavy atom. The second-order valence-corrected chi connectivity index (χ2v) is 16.3. The van der Waals surface area contributed by atoms with Crippen molar-refractivity contribution in [2.75, 3.05) is 4.90 Å².